The molecule has 53 heavy (non-hydrogen) atoms. The zero-order valence-electron chi connectivity index (χ0n) is 27.8. The second-order valence-corrected chi connectivity index (χ2v) is 13.1. The Balaban J connectivity index is 0.970. The molecule has 12 aromatic rings. The van der Waals surface area contributed by atoms with Crippen LogP contribution >= 0.6 is 0 Å². The van der Waals surface area contributed by atoms with E-state index < -0.39 is 0 Å². The second kappa shape index (κ2) is 10.5. The number of furan rings is 2. The summed E-state index contributed by atoms with van der Waals surface area (Å²) in [6, 6.07) is 40.6. The molecule has 9 nitrogen and oxygen atoms in total. The van der Waals surface area contributed by atoms with Gasteiger partial charge in [0, 0.05) is 57.7 Å². The van der Waals surface area contributed by atoms with Crippen LogP contribution in [0.4, 0.5) is 0 Å². The van der Waals surface area contributed by atoms with Gasteiger partial charge in [-0.2, -0.15) is 0 Å². The molecule has 0 fully saturated rings. The maximum Gasteiger partial charge on any atom is 0.153 e. The van der Waals surface area contributed by atoms with E-state index in [1.807, 2.05) is 73.1 Å². The number of aromatic nitrogens is 6. The van der Waals surface area contributed by atoms with E-state index >= 15 is 0 Å². The van der Waals surface area contributed by atoms with Crippen molar-refractivity contribution in [2.75, 3.05) is 0 Å². The number of rotatable bonds is 4. The summed E-state index contributed by atoms with van der Waals surface area (Å²) in [5, 5.41) is 3.92. The Hall–Kier alpha value is -7.52. The highest BCUT2D eigenvalue weighted by Gasteiger charge is 2.19. The molecule has 0 aliphatic heterocycles. The highest BCUT2D eigenvalue weighted by molar-refractivity contribution is 6.10. The molecule has 12 rings (SSSR count). The van der Waals surface area contributed by atoms with Crippen molar-refractivity contribution in [3.8, 4) is 22.9 Å². The van der Waals surface area contributed by atoms with Crippen LogP contribution in [0, 0.1) is 0 Å². The lowest BCUT2D eigenvalue weighted by atomic mass is 10.2. The monoisotopic (exact) mass is 684 g/mol. The fourth-order valence-electron chi connectivity index (χ4n) is 7.90. The van der Waals surface area contributed by atoms with Crippen molar-refractivity contribution in [2.45, 2.75) is 0 Å². The Morgan fingerprint density at radius 2 is 0.830 bits per heavy atom. The van der Waals surface area contributed by atoms with Gasteiger partial charge in [-0.1, -0.05) is 0 Å². The lowest BCUT2D eigenvalue weighted by Gasteiger charge is -2.10. The summed E-state index contributed by atoms with van der Waals surface area (Å²) in [6.07, 6.45) is 7.25. The third-order valence-corrected chi connectivity index (χ3v) is 10.2. The minimum atomic E-state index is 0.712. The van der Waals surface area contributed by atoms with Crippen molar-refractivity contribution in [1.29, 1.82) is 0 Å². The van der Waals surface area contributed by atoms with E-state index in [1.54, 1.807) is 12.4 Å². The van der Waals surface area contributed by atoms with Crippen LogP contribution in [0.2, 0.25) is 0 Å². The quantitative estimate of drug-likeness (QED) is 0.182. The van der Waals surface area contributed by atoms with E-state index in [-0.39, 0.29) is 0 Å². The maximum atomic E-state index is 6.60. The van der Waals surface area contributed by atoms with Crippen LogP contribution in [0.25, 0.3) is 99.4 Å². The van der Waals surface area contributed by atoms with Crippen LogP contribution in [0.5, 0.6) is 11.5 Å². The second-order valence-electron chi connectivity index (χ2n) is 13.1. The highest BCUT2D eigenvalue weighted by Crippen LogP contribution is 2.39. The van der Waals surface area contributed by atoms with Crippen LogP contribution in [0.15, 0.2) is 155 Å². The molecule has 0 saturated heterocycles. The number of benzene rings is 4. The van der Waals surface area contributed by atoms with E-state index in [9.17, 15) is 0 Å². The van der Waals surface area contributed by atoms with Crippen LogP contribution < -0.4 is 4.74 Å². The van der Waals surface area contributed by atoms with Crippen molar-refractivity contribution < 1.29 is 13.6 Å². The first-order chi connectivity index (χ1) is 26.2. The van der Waals surface area contributed by atoms with Gasteiger partial charge in [0.15, 0.2) is 11.2 Å². The van der Waals surface area contributed by atoms with Gasteiger partial charge in [0.25, 0.3) is 0 Å². The Bertz CT molecular complexity index is 3230. The van der Waals surface area contributed by atoms with E-state index in [1.165, 1.54) is 0 Å². The highest BCUT2D eigenvalue weighted by atomic mass is 16.5. The van der Waals surface area contributed by atoms with Gasteiger partial charge in [0.1, 0.15) is 33.7 Å². The third-order valence-electron chi connectivity index (χ3n) is 10.2. The molecule has 248 valence electrons. The van der Waals surface area contributed by atoms with Crippen molar-refractivity contribution in [2.24, 2.45) is 0 Å². The lowest BCUT2D eigenvalue weighted by molar-refractivity contribution is 0.484. The largest absolute Gasteiger partial charge is 0.457 e. The minimum Gasteiger partial charge on any atom is -0.457 e. The molecular weight excluding hydrogens is 661 g/mol. The van der Waals surface area contributed by atoms with Gasteiger partial charge in [0.2, 0.25) is 0 Å². The number of fused-ring (bicyclic) bond motifs is 12. The Morgan fingerprint density at radius 3 is 1.32 bits per heavy atom. The summed E-state index contributed by atoms with van der Waals surface area (Å²) in [5.74, 6) is 1.42. The van der Waals surface area contributed by atoms with Crippen LogP contribution in [0.1, 0.15) is 0 Å². The van der Waals surface area contributed by atoms with Gasteiger partial charge < -0.3 is 22.7 Å². The molecule has 0 spiro atoms. The van der Waals surface area contributed by atoms with Crippen LogP contribution in [-0.2, 0) is 0 Å². The molecule has 0 N–H and O–H groups in total. The molecule has 0 aliphatic carbocycles. The molecule has 0 saturated carbocycles. The standard InChI is InChI=1S/C44H24N6O3/c1-5-35-41(45-17-1)29-23-27(11-13-33(29)49(35)25-9-15-37-31(21-25)43-39(52-37)7-3-19-47-43)51-28-12-14-34-30(24-28)42-36(6-2-18-46-42)50(34)26-10-16-38-32(22-26)44-40(53-38)8-4-20-48-44/h1-24H. The number of hydrogen-bond donors (Lipinski definition) is 0. The molecule has 9 heteroatoms. The SMILES string of the molecule is c1cnc2c(c1)oc1ccc(-n3c4ccc(Oc5ccc6c(c5)c5ncccc5n6-c5ccc6oc7cccnc7c6c5)cc4c4ncccc43)cc12. The number of hydrogen-bond acceptors (Lipinski definition) is 7. The van der Waals surface area contributed by atoms with Crippen LogP contribution in [0.3, 0.4) is 0 Å². The fraction of sp³-hybridized carbons (Fsp3) is 0. The summed E-state index contributed by atoms with van der Waals surface area (Å²) in [4.78, 5) is 18.8. The van der Waals surface area contributed by atoms with E-state index in [0.717, 1.165) is 99.4 Å². The fourth-order valence-corrected chi connectivity index (χ4v) is 7.90. The average Bonchev–Trinajstić information content (AvgIpc) is 3.95. The molecule has 0 amide bonds. The Morgan fingerprint density at radius 1 is 0.377 bits per heavy atom. The summed E-state index contributed by atoms with van der Waals surface area (Å²) in [6.45, 7) is 0. The summed E-state index contributed by atoms with van der Waals surface area (Å²) in [7, 11) is 0. The molecule has 8 aromatic heterocycles. The molecule has 0 radical (unpaired) electrons. The van der Waals surface area contributed by atoms with Gasteiger partial charge in [0.05, 0.1) is 33.1 Å². The molecule has 0 aliphatic rings. The normalized spacial score (nSPS) is 12.2. The van der Waals surface area contributed by atoms with Crippen molar-refractivity contribution in [3.05, 3.63) is 146 Å². The molecule has 0 unspecified atom stereocenters. The number of nitrogens with zero attached hydrogens (tertiary/aromatic N) is 6. The van der Waals surface area contributed by atoms with Crippen molar-refractivity contribution in [1.82, 2.24) is 29.1 Å². The van der Waals surface area contributed by atoms with Crippen molar-refractivity contribution >= 4 is 88.0 Å². The van der Waals surface area contributed by atoms with Gasteiger partial charge >= 0.3 is 0 Å². The van der Waals surface area contributed by atoms with E-state index in [4.69, 9.17) is 23.5 Å². The molecule has 4 aromatic carbocycles. The smallest absolute Gasteiger partial charge is 0.153 e. The first-order valence-electron chi connectivity index (χ1n) is 17.3. The minimum absolute atomic E-state index is 0.712. The third kappa shape index (κ3) is 4.07. The number of ether oxygens (including phenoxy) is 1. The number of pyridine rings is 4. The zero-order valence-corrected chi connectivity index (χ0v) is 27.8. The van der Waals surface area contributed by atoms with Gasteiger partial charge in [-0.25, -0.2) is 0 Å². The predicted molar refractivity (Wildman–Crippen MR) is 207 cm³/mol. The molecule has 0 bridgehead atoms. The first-order valence-corrected chi connectivity index (χ1v) is 17.3. The van der Waals surface area contributed by atoms with E-state index in [2.05, 4.69) is 79.8 Å². The maximum absolute atomic E-state index is 6.60. The zero-order chi connectivity index (χ0) is 34.6. The van der Waals surface area contributed by atoms with Gasteiger partial charge in [-0.3, -0.25) is 19.9 Å². The van der Waals surface area contributed by atoms with E-state index in [0.29, 0.717) is 11.5 Å². The van der Waals surface area contributed by atoms with Crippen molar-refractivity contribution in [3.63, 3.8) is 0 Å². The Kier molecular flexibility index (Phi) is 5.59. The average molecular weight is 685 g/mol. The summed E-state index contributed by atoms with van der Waals surface area (Å²) in [5.41, 5.74) is 12.7. The Labute approximate surface area is 298 Å². The molecular formula is C44H24N6O3. The van der Waals surface area contributed by atoms with Crippen LogP contribution in [-0.4, -0.2) is 29.1 Å². The predicted octanol–water partition coefficient (Wildman–Crippen LogP) is 11.1. The summed E-state index contributed by atoms with van der Waals surface area (Å²) >= 11 is 0. The molecule has 8 heterocycles. The topological polar surface area (TPSA) is 96.9 Å². The molecule has 0 atom stereocenters. The van der Waals surface area contributed by atoms with Gasteiger partial charge in [-0.15, -0.1) is 0 Å². The summed E-state index contributed by atoms with van der Waals surface area (Å²) < 4.78 is 23.2. The van der Waals surface area contributed by atoms with Gasteiger partial charge in [-0.05, 0) is 121 Å². The lowest BCUT2D eigenvalue weighted by Crippen LogP contribution is -1.94. The first kappa shape index (κ1) is 28.2.